The van der Waals surface area contributed by atoms with Gasteiger partial charge in [0.25, 0.3) is 0 Å². The van der Waals surface area contributed by atoms with Crippen LogP contribution >= 0.6 is 11.3 Å². The van der Waals surface area contributed by atoms with Gasteiger partial charge in [-0.1, -0.05) is 12.1 Å². The van der Waals surface area contributed by atoms with Crippen LogP contribution in [0.4, 0.5) is 17.6 Å². The number of ether oxygens (including phenoxy) is 1. The van der Waals surface area contributed by atoms with Gasteiger partial charge in [-0.2, -0.15) is 13.2 Å². The molecule has 0 aliphatic carbocycles. The molecular formula is C13H9F4NO2S. The van der Waals surface area contributed by atoms with Crippen LogP contribution in [0, 0.1) is 5.82 Å². The average Bonchev–Trinajstić information content (AvgIpc) is 2.84. The van der Waals surface area contributed by atoms with Crippen molar-refractivity contribution in [3.05, 3.63) is 40.7 Å². The van der Waals surface area contributed by atoms with Crippen molar-refractivity contribution in [2.24, 2.45) is 0 Å². The zero-order valence-electron chi connectivity index (χ0n) is 10.7. The maximum atomic E-state index is 13.6. The van der Waals surface area contributed by atoms with E-state index in [-0.39, 0.29) is 17.2 Å². The van der Waals surface area contributed by atoms with E-state index in [1.165, 1.54) is 25.1 Å². The Labute approximate surface area is 121 Å². The first-order chi connectivity index (χ1) is 9.84. The molecule has 0 N–H and O–H groups in total. The maximum Gasteiger partial charge on any atom is 0.435 e. The zero-order chi connectivity index (χ0) is 15.6. The van der Waals surface area contributed by atoms with Gasteiger partial charge in [-0.3, -0.25) is 0 Å². The Morgan fingerprint density at radius 1 is 1.33 bits per heavy atom. The number of esters is 1. The number of nitrogens with zero attached hydrogens (tertiary/aromatic N) is 1. The van der Waals surface area contributed by atoms with E-state index in [1.54, 1.807) is 0 Å². The van der Waals surface area contributed by atoms with Crippen molar-refractivity contribution in [1.82, 2.24) is 4.98 Å². The summed E-state index contributed by atoms with van der Waals surface area (Å²) in [5.41, 5.74) is -1.45. The van der Waals surface area contributed by atoms with Crippen LogP contribution in [0.15, 0.2) is 24.3 Å². The summed E-state index contributed by atoms with van der Waals surface area (Å²) in [7, 11) is 0. The Hall–Kier alpha value is -1.96. The molecule has 0 spiro atoms. The highest BCUT2D eigenvalue weighted by Crippen LogP contribution is 2.38. The van der Waals surface area contributed by atoms with Gasteiger partial charge >= 0.3 is 12.1 Å². The lowest BCUT2D eigenvalue weighted by Crippen LogP contribution is -2.13. The van der Waals surface area contributed by atoms with Crippen molar-refractivity contribution in [3.8, 4) is 10.6 Å². The lowest BCUT2D eigenvalue weighted by Gasteiger charge is -2.05. The Morgan fingerprint density at radius 2 is 2.00 bits per heavy atom. The second-order valence-electron chi connectivity index (χ2n) is 3.89. The van der Waals surface area contributed by atoms with Gasteiger partial charge in [0.2, 0.25) is 0 Å². The van der Waals surface area contributed by atoms with E-state index in [2.05, 4.69) is 9.72 Å². The van der Waals surface area contributed by atoms with E-state index in [0.717, 1.165) is 6.07 Å². The Balaban J connectivity index is 2.56. The fourth-order valence-corrected chi connectivity index (χ4v) is 2.60. The first-order valence-electron chi connectivity index (χ1n) is 5.84. The molecule has 112 valence electrons. The highest BCUT2D eigenvalue weighted by molar-refractivity contribution is 7.17. The predicted octanol–water partition coefficient (Wildman–Crippen LogP) is 4.14. The maximum absolute atomic E-state index is 13.6. The largest absolute Gasteiger partial charge is 0.462 e. The van der Waals surface area contributed by atoms with Crippen molar-refractivity contribution in [1.29, 1.82) is 0 Å². The predicted molar refractivity (Wildman–Crippen MR) is 68.5 cm³/mol. The monoisotopic (exact) mass is 319 g/mol. The number of hydrogen-bond acceptors (Lipinski definition) is 4. The van der Waals surface area contributed by atoms with Gasteiger partial charge in [0.05, 0.1) is 6.61 Å². The average molecular weight is 319 g/mol. The van der Waals surface area contributed by atoms with Gasteiger partial charge in [-0.05, 0) is 19.1 Å². The van der Waals surface area contributed by atoms with Crippen molar-refractivity contribution >= 4 is 17.3 Å². The van der Waals surface area contributed by atoms with E-state index in [0.29, 0.717) is 11.3 Å². The molecule has 0 saturated heterocycles. The number of alkyl halides is 3. The summed E-state index contributed by atoms with van der Waals surface area (Å²) in [6, 6.07) is 5.28. The smallest absolute Gasteiger partial charge is 0.435 e. The van der Waals surface area contributed by atoms with Crippen molar-refractivity contribution < 1.29 is 27.1 Å². The van der Waals surface area contributed by atoms with Crippen LogP contribution in [0.3, 0.4) is 0 Å². The molecular weight excluding hydrogens is 310 g/mol. The van der Waals surface area contributed by atoms with Crippen LogP contribution in [0.5, 0.6) is 0 Å². The van der Waals surface area contributed by atoms with E-state index in [1.807, 2.05) is 0 Å². The fraction of sp³-hybridized carbons (Fsp3) is 0.231. The normalized spacial score (nSPS) is 11.5. The summed E-state index contributed by atoms with van der Waals surface area (Å²) in [5, 5.41) is -0.219. The minimum absolute atomic E-state index is 0.0664. The van der Waals surface area contributed by atoms with Crippen LogP contribution in [0.2, 0.25) is 0 Å². The number of carbonyl (C=O) groups excluding carboxylic acids is 1. The molecule has 2 aromatic rings. The summed E-state index contributed by atoms with van der Waals surface area (Å²) >= 11 is 0.456. The van der Waals surface area contributed by atoms with Crippen molar-refractivity contribution in [2.45, 2.75) is 13.1 Å². The molecule has 0 aliphatic heterocycles. The highest BCUT2D eigenvalue weighted by Gasteiger charge is 2.40. The Bertz CT molecular complexity index is 666. The molecule has 2 rings (SSSR count). The molecule has 1 aromatic carbocycles. The molecule has 0 amide bonds. The van der Waals surface area contributed by atoms with Crippen LogP contribution in [0.1, 0.15) is 22.3 Å². The minimum Gasteiger partial charge on any atom is -0.462 e. The summed E-state index contributed by atoms with van der Waals surface area (Å²) in [5.74, 6) is -1.83. The van der Waals surface area contributed by atoms with Gasteiger partial charge in [0, 0.05) is 5.56 Å². The second-order valence-corrected chi connectivity index (χ2v) is 4.89. The summed E-state index contributed by atoms with van der Waals surface area (Å²) in [6.45, 7) is 1.41. The Morgan fingerprint density at radius 3 is 2.57 bits per heavy atom. The number of halogens is 4. The van der Waals surface area contributed by atoms with E-state index in [4.69, 9.17) is 0 Å². The van der Waals surface area contributed by atoms with Crippen LogP contribution < -0.4 is 0 Å². The van der Waals surface area contributed by atoms with Crippen LogP contribution in [-0.2, 0) is 10.9 Å². The number of aromatic nitrogens is 1. The number of hydrogen-bond donors (Lipinski definition) is 0. The molecule has 0 atom stereocenters. The van der Waals surface area contributed by atoms with E-state index < -0.39 is 28.5 Å². The van der Waals surface area contributed by atoms with Gasteiger partial charge in [-0.15, -0.1) is 11.3 Å². The molecule has 0 radical (unpaired) electrons. The van der Waals surface area contributed by atoms with Crippen molar-refractivity contribution in [3.63, 3.8) is 0 Å². The number of rotatable bonds is 3. The fourth-order valence-electron chi connectivity index (χ4n) is 1.60. The second kappa shape index (κ2) is 5.80. The molecule has 0 saturated carbocycles. The molecule has 3 nitrogen and oxygen atoms in total. The SMILES string of the molecule is CCOC(=O)c1sc(-c2ccccc2F)nc1C(F)(F)F. The molecule has 1 aromatic heterocycles. The third kappa shape index (κ3) is 3.21. The summed E-state index contributed by atoms with van der Waals surface area (Å²) < 4.78 is 57.0. The molecule has 8 heteroatoms. The molecule has 21 heavy (non-hydrogen) atoms. The first-order valence-corrected chi connectivity index (χ1v) is 6.66. The number of benzene rings is 1. The number of thiazole rings is 1. The quantitative estimate of drug-likeness (QED) is 0.630. The summed E-state index contributed by atoms with van der Waals surface area (Å²) in [6.07, 6.45) is -4.82. The molecule has 0 unspecified atom stereocenters. The van der Waals surface area contributed by atoms with Crippen LogP contribution in [-0.4, -0.2) is 17.6 Å². The first kappa shape index (κ1) is 15.4. The minimum atomic E-state index is -4.82. The van der Waals surface area contributed by atoms with E-state index >= 15 is 0 Å². The van der Waals surface area contributed by atoms with E-state index in [9.17, 15) is 22.4 Å². The topological polar surface area (TPSA) is 39.2 Å². The standard InChI is InChI=1S/C13H9F4NO2S/c1-2-20-12(19)9-10(13(15,16)17)18-11(21-9)7-5-3-4-6-8(7)14/h3-6H,2H2,1H3. The molecule has 0 bridgehead atoms. The highest BCUT2D eigenvalue weighted by atomic mass is 32.1. The third-order valence-corrected chi connectivity index (χ3v) is 3.53. The van der Waals surface area contributed by atoms with Crippen LogP contribution in [0.25, 0.3) is 10.6 Å². The van der Waals surface area contributed by atoms with Crippen molar-refractivity contribution in [2.75, 3.05) is 6.61 Å². The zero-order valence-corrected chi connectivity index (χ0v) is 11.5. The molecule has 0 aliphatic rings. The third-order valence-electron chi connectivity index (χ3n) is 2.46. The Kier molecular flexibility index (Phi) is 4.26. The summed E-state index contributed by atoms with van der Waals surface area (Å²) in [4.78, 5) is 14.3. The molecule has 1 heterocycles. The van der Waals surface area contributed by atoms with Gasteiger partial charge in [0.15, 0.2) is 5.69 Å². The number of carbonyl (C=O) groups is 1. The van der Waals surface area contributed by atoms with Gasteiger partial charge < -0.3 is 4.74 Å². The lowest BCUT2D eigenvalue weighted by atomic mass is 10.2. The lowest BCUT2D eigenvalue weighted by molar-refractivity contribution is -0.141. The van der Waals surface area contributed by atoms with Gasteiger partial charge in [0.1, 0.15) is 15.7 Å². The van der Waals surface area contributed by atoms with Gasteiger partial charge in [-0.25, -0.2) is 14.2 Å². The molecule has 0 fully saturated rings.